The molecule has 3 aliphatic rings. The Morgan fingerprint density at radius 1 is 1.04 bits per heavy atom. The summed E-state index contributed by atoms with van der Waals surface area (Å²) in [6, 6.07) is 8.16. The highest BCUT2D eigenvalue weighted by atomic mass is 16.2. The molecule has 2 amide bonds. The monoisotopic (exact) mass is 312 g/mol. The Morgan fingerprint density at radius 2 is 1.87 bits per heavy atom. The highest BCUT2D eigenvalue weighted by Crippen LogP contribution is 2.31. The molecule has 6 nitrogen and oxygen atoms in total. The molecule has 2 atom stereocenters. The number of carbonyl (C=O) groups is 2. The number of hydrogen-bond acceptors (Lipinski definition) is 5. The van der Waals surface area contributed by atoms with Crippen molar-refractivity contribution in [2.45, 2.75) is 24.9 Å². The molecule has 0 spiro atoms. The summed E-state index contributed by atoms with van der Waals surface area (Å²) in [5, 5.41) is 12.5. The van der Waals surface area contributed by atoms with Crippen LogP contribution in [0, 0.1) is 0 Å². The van der Waals surface area contributed by atoms with E-state index < -0.39 is 0 Å². The van der Waals surface area contributed by atoms with E-state index >= 15 is 0 Å². The minimum absolute atomic E-state index is 0.190. The Hall–Kier alpha value is -2.18. The van der Waals surface area contributed by atoms with Gasteiger partial charge in [0.15, 0.2) is 0 Å². The van der Waals surface area contributed by atoms with Crippen LogP contribution in [0.15, 0.2) is 35.4 Å². The molecule has 0 aromatic heterocycles. The number of benzene rings is 1. The predicted molar refractivity (Wildman–Crippen MR) is 86.9 cm³/mol. The lowest BCUT2D eigenvalue weighted by Gasteiger charge is -2.23. The number of carbonyl (C=O) groups excluding carboxylic acids is 2. The van der Waals surface area contributed by atoms with Gasteiger partial charge in [-0.15, -0.1) is 0 Å². The van der Waals surface area contributed by atoms with Crippen LogP contribution < -0.4 is 21.3 Å². The topological polar surface area (TPSA) is 82.3 Å². The zero-order chi connectivity index (χ0) is 15.8. The van der Waals surface area contributed by atoms with Gasteiger partial charge in [0.25, 0.3) is 0 Å². The zero-order valence-electron chi connectivity index (χ0n) is 12.8. The molecule has 2 unspecified atom stereocenters. The van der Waals surface area contributed by atoms with Gasteiger partial charge in [-0.3, -0.25) is 14.9 Å². The first-order valence-electron chi connectivity index (χ1n) is 8.06. The van der Waals surface area contributed by atoms with Gasteiger partial charge in [-0.05, 0) is 35.3 Å². The molecule has 0 radical (unpaired) electrons. The third kappa shape index (κ3) is 2.75. The van der Waals surface area contributed by atoms with Gasteiger partial charge in [0.05, 0.1) is 6.04 Å². The SMILES string of the molecule is O=C1CCC(Nc2ccc(C3NCC4=C3CNC4)cc2)C(=O)N1. The lowest BCUT2D eigenvalue weighted by atomic mass is 9.99. The molecule has 0 saturated carbocycles. The first-order valence-corrected chi connectivity index (χ1v) is 8.06. The molecule has 3 heterocycles. The van der Waals surface area contributed by atoms with E-state index in [1.165, 1.54) is 16.7 Å². The molecule has 1 aromatic rings. The molecular formula is C17H20N4O2. The zero-order valence-corrected chi connectivity index (χ0v) is 12.8. The summed E-state index contributed by atoms with van der Waals surface area (Å²) in [7, 11) is 0. The first kappa shape index (κ1) is 14.4. The molecule has 120 valence electrons. The quantitative estimate of drug-likeness (QED) is 0.481. The van der Waals surface area contributed by atoms with E-state index in [0.29, 0.717) is 18.9 Å². The fraction of sp³-hybridized carbons (Fsp3) is 0.412. The van der Waals surface area contributed by atoms with E-state index in [1.807, 2.05) is 12.1 Å². The minimum Gasteiger partial charge on any atom is -0.374 e. The summed E-state index contributed by atoms with van der Waals surface area (Å²) in [6.07, 6.45) is 0.927. The van der Waals surface area contributed by atoms with Crippen molar-refractivity contribution in [3.63, 3.8) is 0 Å². The number of anilines is 1. The first-order chi connectivity index (χ1) is 11.2. The summed E-state index contributed by atoms with van der Waals surface area (Å²) in [5.41, 5.74) is 5.10. The maximum Gasteiger partial charge on any atom is 0.249 e. The molecule has 23 heavy (non-hydrogen) atoms. The molecule has 1 aromatic carbocycles. The van der Waals surface area contributed by atoms with Crippen LogP contribution in [0.3, 0.4) is 0 Å². The van der Waals surface area contributed by atoms with Crippen LogP contribution in [-0.2, 0) is 9.59 Å². The molecule has 4 N–H and O–H groups in total. The predicted octanol–water partition coefficient (Wildman–Crippen LogP) is 0.448. The number of nitrogens with one attached hydrogen (secondary N) is 4. The Kier molecular flexibility index (Phi) is 3.63. The maximum absolute atomic E-state index is 11.8. The molecule has 3 aliphatic heterocycles. The average Bonchev–Trinajstić information content (AvgIpc) is 3.14. The van der Waals surface area contributed by atoms with Gasteiger partial charge in [-0.2, -0.15) is 0 Å². The molecule has 1 fully saturated rings. The summed E-state index contributed by atoms with van der Waals surface area (Å²) >= 11 is 0. The van der Waals surface area contributed by atoms with Crippen LogP contribution in [0.4, 0.5) is 5.69 Å². The summed E-state index contributed by atoms with van der Waals surface area (Å²) in [5.74, 6) is -0.431. The molecular weight excluding hydrogens is 292 g/mol. The van der Waals surface area contributed by atoms with E-state index in [9.17, 15) is 9.59 Å². The minimum atomic E-state index is -0.337. The average molecular weight is 312 g/mol. The number of rotatable bonds is 3. The van der Waals surface area contributed by atoms with Crippen LogP contribution in [0.1, 0.15) is 24.4 Å². The molecule has 0 aliphatic carbocycles. The summed E-state index contributed by atoms with van der Waals surface area (Å²) < 4.78 is 0. The number of amides is 2. The summed E-state index contributed by atoms with van der Waals surface area (Å²) in [6.45, 7) is 2.92. The normalized spacial score (nSPS) is 27.1. The third-order valence-corrected chi connectivity index (χ3v) is 4.80. The Morgan fingerprint density at radius 3 is 2.65 bits per heavy atom. The Labute approximate surface area is 134 Å². The second-order valence-corrected chi connectivity index (χ2v) is 6.32. The Balaban J connectivity index is 1.44. The number of piperidine rings is 1. The third-order valence-electron chi connectivity index (χ3n) is 4.80. The van der Waals surface area contributed by atoms with Crippen molar-refractivity contribution in [2.75, 3.05) is 25.0 Å². The standard InChI is InChI=1S/C17H20N4O2/c22-15-6-5-14(17(23)21-15)20-12-3-1-10(2-4-12)16-13-9-18-7-11(13)8-19-16/h1-4,14,16,18-20H,5-9H2,(H,21,22,23). The molecule has 0 bridgehead atoms. The van der Waals surface area contributed by atoms with Gasteiger partial charge in [-0.25, -0.2) is 0 Å². The van der Waals surface area contributed by atoms with E-state index in [4.69, 9.17) is 0 Å². The van der Waals surface area contributed by atoms with Crippen molar-refractivity contribution in [2.24, 2.45) is 0 Å². The smallest absolute Gasteiger partial charge is 0.249 e. The number of imide groups is 1. The molecule has 4 rings (SSSR count). The van der Waals surface area contributed by atoms with Gasteiger partial charge < -0.3 is 16.0 Å². The van der Waals surface area contributed by atoms with Crippen LogP contribution in [0.2, 0.25) is 0 Å². The van der Waals surface area contributed by atoms with Gasteiger partial charge in [0, 0.05) is 31.7 Å². The lowest BCUT2D eigenvalue weighted by Crippen LogP contribution is -2.47. The van der Waals surface area contributed by atoms with Gasteiger partial charge in [0.1, 0.15) is 6.04 Å². The van der Waals surface area contributed by atoms with Gasteiger partial charge in [-0.1, -0.05) is 12.1 Å². The van der Waals surface area contributed by atoms with Crippen LogP contribution in [0.5, 0.6) is 0 Å². The van der Waals surface area contributed by atoms with E-state index in [2.05, 4.69) is 33.4 Å². The van der Waals surface area contributed by atoms with Crippen molar-refractivity contribution >= 4 is 17.5 Å². The van der Waals surface area contributed by atoms with Gasteiger partial charge >= 0.3 is 0 Å². The molecule has 6 heteroatoms. The molecule has 1 saturated heterocycles. The van der Waals surface area contributed by atoms with Crippen LogP contribution in [0.25, 0.3) is 0 Å². The van der Waals surface area contributed by atoms with Crippen molar-refractivity contribution in [1.82, 2.24) is 16.0 Å². The Bertz CT molecular complexity index is 680. The largest absolute Gasteiger partial charge is 0.374 e. The van der Waals surface area contributed by atoms with Crippen LogP contribution >= 0.6 is 0 Å². The van der Waals surface area contributed by atoms with E-state index in [1.54, 1.807) is 0 Å². The van der Waals surface area contributed by atoms with E-state index in [0.717, 1.165) is 25.3 Å². The highest BCUT2D eigenvalue weighted by Gasteiger charge is 2.29. The van der Waals surface area contributed by atoms with Crippen molar-refractivity contribution < 1.29 is 9.59 Å². The van der Waals surface area contributed by atoms with Gasteiger partial charge in [0.2, 0.25) is 11.8 Å². The fourth-order valence-electron chi connectivity index (χ4n) is 3.54. The van der Waals surface area contributed by atoms with Crippen molar-refractivity contribution in [3.8, 4) is 0 Å². The number of hydrogen-bond donors (Lipinski definition) is 4. The second kappa shape index (κ2) is 5.79. The summed E-state index contributed by atoms with van der Waals surface area (Å²) in [4.78, 5) is 23.0. The lowest BCUT2D eigenvalue weighted by molar-refractivity contribution is -0.133. The fourth-order valence-corrected chi connectivity index (χ4v) is 3.54. The van der Waals surface area contributed by atoms with Crippen molar-refractivity contribution in [1.29, 1.82) is 0 Å². The van der Waals surface area contributed by atoms with Crippen LogP contribution in [-0.4, -0.2) is 37.5 Å². The maximum atomic E-state index is 11.8. The van der Waals surface area contributed by atoms with Crippen molar-refractivity contribution in [3.05, 3.63) is 41.0 Å². The highest BCUT2D eigenvalue weighted by molar-refractivity contribution is 6.01. The second-order valence-electron chi connectivity index (χ2n) is 6.32. The van der Waals surface area contributed by atoms with E-state index in [-0.39, 0.29) is 17.9 Å².